The highest BCUT2D eigenvalue weighted by atomic mass is 16.5. The van der Waals surface area contributed by atoms with Crippen LogP contribution in [0.3, 0.4) is 0 Å². The molecule has 0 aliphatic heterocycles. The van der Waals surface area contributed by atoms with Crippen molar-refractivity contribution in [3.63, 3.8) is 0 Å². The smallest absolute Gasteiger partial charge is 0.306 e. The molecule has 0 aromatic carbocycles. The van der Waals surface area contributed by atoms with Crippen molar-refractivity contribution >= 4 is 5.97 Å². The number of rotatable bonds is 3. The summed E-state index contributed by atoms with van der Waals surface area (Å²) in [6.07, 6.45) is -0.0319. The zero-order valence-corrected chi connectivity index (χ0v) is 19.5. The second-order valence-electron chi connectivity index (χ2n) is 12.0. The van der Waals surface area contributed by atoms with Crippen LogP contribution < -0.4 is 0 Å². The van der Waals surface area contributed by atoms with Gasteiger partial charge in [-0.3, -0.25) is 4.79 Å². The molecule has 0 amide bonds. The Morgan fingerprint density at radius 2 is 1.65 bits per heavy atom. The topological polar surface area (TPSA) is 127 Å². The maximum absolute atomic E-state index is 12.5. The van der Waals surface area contributed by atoms with E-state index in [-0.39, 0.29) is 37.1 Å². The summed E-state index contributed by atoms with van der Waals surface area (Å²) in [6, 6.07) is 0. The first-order valence-electron chi connectivity index (χ1n) is 11.9. The Hall–Kier alpha value is -0.730. The molecule has 4 saturated carbocycles. The lowest BCUT2D eigenvalue weighted by Gasteiger charge is -2.52. The maximum atomic E-state index is 12.5. The lowest BCUT2D eigenvalue weighted by atomic mass is 9.57. The number of hydrogen-bond acceptors (Lipinski definition) is 7. The van der Waals surface area contributed by atoms with Crippen molar-refractivity contribution in [3.05, 3.63) is 0 Å². The molecule has 0 saturated heterocycles. The van der Waals surface area contributed by atoms with Crippen LogP contribution >= 0.6 is 0 Å². The second-order valence-corrected chi connectivity index (χ2v) is 12.0. The summed E-state index contributed by atoms with van der Waals surface area (Å²) < 4.78 is 5.99. The van der Waals surface area contributed by atoms with E-state index in [1.54, 1.807) is 27.7 Å². The summed E-state index contributed by atoms with van der Waals surface area (Å²) >= 11 is 0. The van der Waals surface area contributed by atoms with Crippen LogP contribution in [0.2, 0.25) is 0 Å². The van der Waals surface area contributed by atoms with E-state index in [9.17, 15) is 30.3 Å². The molecule has 4 rings (SSSR count). The SMILES string of the molecule is CCCC(=O)O[C@@H]1C2CCC3[C@@](C)(O)C4CC(O)C(C)(C)C4(O)C(O)C[C@]31C[C@@]2(C)O. The van der Waals surface area contributed by atoms with Crippen LogP contribution in [0.15, 0.2) is 0 Å². The van der Waals surface area contributed by atoms with Gasteiger partial charge in [0, 0.05) is 29.1 Å². The fourth-order valence-electron chi connectivity index (χ4n) is 8.37. The quantitative estimate of drug-likeness (QED) is 0.421. The van der Waals surface area contributed by atoms with Crippen molar-refractivity contribution in [2.24, 2.45) is 28.6 Å². The van der Waals surface area contributed by atoms with Crippen molar-refractivity contribution in [1.29, 1.82) is 0 Å². The first kappa shape index (κ1) is 23.4. The summed E-state index contributed by atoms with van der Waals surface area (Å²) in [4.78, 5) is 12.5. The summed E-state index contributed by atoms with van der Waals surface area (Å²) in [5.74, 6) is -1.74. The van der Waals surface area contributed by atoms with Crippen LogP contribution in [0.5, 0.6) is 0 Å². The van der Waals surface area contributed by atoms with Gasteiger partial charge in [0.2, 0.25) is 0 Å². The zero-order chi connectivity index (χ0) is 23.2. The van der Waals surface area contributed by atoms with E-state index >= 15 is 0 Å². The number of carbonyl (C=O) groups excluding carboxylic acids is 1. The van der Waals surface area contributed by atoms with Gasteiger partial charge in [0.25, 0.3) is 0 Å². The van der Waals surface area contributed by atoms with Crippen LogP contribution in [0, 0.1) is 28.6 Å². The van der Waals surface area contributed by atoms with Gasteiger partial charge in [0.05, 0.1) is 23.4 Å². The highest BCUT2D eigenvalue weighted by Crippen LogP contribution is 2.70. The monoisotopic (exact) mass is 440 g/mol. The molecular formula is C24H40O7. The summed E-state index contributed by atoms with van der Waals surface area (Å²) in [5, 5.41) is 57.4. The molecular weight excluding hydrogens is 400 g/mol. The Bertz CT molecular complexity index is 746. The van der Waals surface area contributed by atoms with Crippen LogP contribution in [0.1, 0.15) is 79.6 Å². The minimum atomic E-state index is -1.70. The predicted octanol–water partition coefficient (Wildman–Crippen LogP) is 1.52. The fraction of sp³-hybridized carbons (Fsp3) is 0.958. The van der Waals surface area contributed by atoms with E-state index in [1.807, 2.05) is 6.92 Å². The van der Waals surface area contributed by atoms with Crippen molar-refractivity contribution in [1.82, 2.24) is 0 Å². The normalized spacial score (nSPS) is 55.3. The molecule has 4 fully saturated rings. The van der Waals surface area contributed by atoms with Gasteiger partial charge >= 0.3 is 5.97 Å². The standard InChI is InChI=1S/C24H40O7/c1-6-7-18(27)31-19-13-8-9-14-22(5,29)15-10-16(25)20(2,3)24(15,30)17(26)11-23(14,19)12-21(13,4)28/h13-17,19,25-26,28-30H,6-12H2,1-5H3/t13?,14?,15?,16?,17?,19-,21-,22-,23+,24?/m1/s1. The van der Waals surface area contributed by atoms with Crippen LogP contribution in [0.4, 0.5) is 0 Å². The molecule has 1 spiro atoms. The molecule has 10 atom stereocenters. The van der Waals surface area contributed by atoms with Crippen LogP contribution in [-0.2, 0) is 9.53 Å². The highest BCUT2D eigenvalue weighted by molar-refractivity contribution is 5.69. The second kappa shape index (κ2) is 6.89. The number of aliphatic hydroxyl groups excluding tert-OH is 2. The van der Waals surface area contributed by atoms with Crippen LogP contribution in [-0.4, -0.2) is 66.6 Å². The molecule has 4 aliphatic rings. The largest absolute Gasteiger partial charge is 0.461 e. The Kier molecular flexibility index (Phi) is 5.21. The van der Waals surface area contributed by atoms with Crippen LogP contribution in [0.25, 0.3) is 0 Å². The highest BCUT2D eigenvalue weighted by Gasteiger charge is 2.77. The molecule has 0 heterocycles. The van der Waals surface area contributed by atoms with Gasteiger partial charge in [-0.25, -0.2) is 0 Å². The van der Waals surface area contributed by atoms with E-state index < -0.39 is 51.9 Å². The van der Waals surface area contributed by atoms with Crippen molar-refractivity contribution < 1.29 is 35.1 Å². The van der Waals surface area contributed by atoms with E-state index in [4.69, 9.17) is 4.74 Å². The van der Waals surface area contributed by atoms with Gasteiger partial charge in [0.1, 0.15) is 11.7 Å². The minimum absolute atomic E-state index is 0.105. The van der Waals surface area contributed by atoms with E-state index in [0.29, 0.717) is 25.7 Å². The fourth-order valence-corrected chi connectivity index (χ4v) is 8.37. The average Bonchev–Trinajstić information content (AvgIpc) is 2.87. The van der Waals surface area contributed by atoms with Gasteiger partial charge in [-0.1, -0.05) is 20.8 Å². The third kappa shape index (κ3) is 2.86. The number of hydrogen-bond donors (Lipinski definition) is 5. The van der Waals surface area contributed by atoms with E-state index in [1.165, 1.54) is 0 Å². The summed E-state index contributed by atoms with van der Waals surface area (Å²) in [6.45, 7) is 8.81. The van der Waals surface area contributed by atoms with Gasteiger partial charge < -0.3 is 30.3 Å². The number of esters is 1. The van der Waals surface area contributed by atoms with Crippen molar-refractivity contribution in [3.8, 4) is 0 Å². The molecule has 5 N–H and O–H groups in total. The molecule has 0 radical (unpaired) electrons. The third-order valence-corrected chi connectivity index (χ3v) is 9.94. The van der Waals surface area contributed by atoms with E-state index in [0.717, 1.165) is 0 Å². The molecule has 178 valence electrons. The number of aliphatic hydroxyl groups is 5. The maximum Gasteiger partial charge on any atom is 0.306 e. The van der Waals surface area contributed by atoms with Gasteiger partial charge in [-0.05, 0) is 58.3 Å². The Labute approximate surface area is 184 Å². The number of ether oxygens (including phenoxy) is 1. The molecule has 6 unspecified atom stereocenters. The molecule has 0 aromatic heterocycles. The Balaban J connectivity index is 1.85. The predicted molar refractivity (Wildman–Crippen MR) is 113 cm³/mol. The summed E-state index contributed by atoms with van der Waals surface area (Å²) in [5.41, 5.74) is -6.09. The lowest BCUT2D eigenvalue weighted by Crippen LogP contribution is -2.60. The molecule has 31 heavy (non-hydrogen) atoms. The van der Waals surface area contributed by atoms with Crippen molar-refractivity contribution in [2.75, 3.05) is 0 Å². The van der Waals surface area contributed by atoms with E-state index in [2.05, 4.69) is 0 Å². The Morgan fingerprint density at radius 1 is 1.00 bits per heavy atom. The van der Waals surface area contributed by atoms with Gasteiger partial charge in [0.15, 0.2) is 0 Å². The average molecular weight is 441 g/mol. The minimum Gasteiger partial charge on any atom is -0.461 e. The molecule has 7 heteroatoms. The van der Waals surface area contributed by atoms with Crippen molar-refractivity contribution in [2.45, 2.75) is 115 Å². The lowest BCUT2D eigenvalue weighted by molar-refractivity contribution is -0.202. The van der Waals surface area contributed by atoms with Gasteiger partial charge in [-0.15, -0.1) is 0 Å². The molecule has 4 aliphatic carbocycles. The van der Waals surface area contributed by atoms with Gasteiger partial charge in [-0.2, -0.15) is 0 Å². The molecule has 0 aromatic rings. The number of carbonyl (C=O) groups is 1. The first-order valence-corrected chi connectivity index (χ1v) is 11.9. The number of fused-ring (bicyclic) bond motifs is 2. The zero-order valence-electron chi connectivity index (χ0n) is 19.5. The summed E-state index contributed by atoms with van der Waals surface area (Å²) in [7, 11) is 0. The Morgan fingerprint density at radius 3 is 2.26 bits per heavy atom. The molecule has 7 nitrogen and oxygen atoms in total. The third-order valence-electron chi connectivity index (χ3n) is 9.94. The first-order chi connectivity index (χ1) is 14.2. The molecule has 2 bridgehead atoms.